The number of rotatable bonds is 4. The topological polar surface area (TPSA) is 69.6 Å². The summed E-state index contributed by atoms with van der Waals surface area (Å²) in [5, 5.41) is 12.7. The van der Waals surface area contributed by atoms with Crippen LogP contribution in [0.3, 0.4) is 0 Å². The zero-order valence-corrected chi connectivity index (χ0v) is 13.5. The number of hydrogen-bond acceptors (Lipinski definition) is 3. The third-order valence-corrected chi connectivity index (χ3v) is 5.03. The molecule has 2 aliphatic rings. The lowest BCUT2D eigenvalue weighted by Gasteiger charge is -2.18. The molecule has 5 heteroatoms. The number of amides is 2. The Hall–Kier alpha value is -1.88. The van der Waals surface area contributed by atoms with Gasteiger partial charge in [-0.05, 0) is 38.3 Å². The van der Waals surface area contributed by atoms with Gasteiger partial charge in [0.15, 0.2) is 0 Å². The number of nitrogens with zero attached hydrogens (tertiary/aromatic N) is 1. The Morgan fingerprint density at radius 2 is 2.00 bits per heavy atom. The van der Waals surface area contributed by atoms with E-state index in [0.717, 1.165) is 30.5 Å². The first-order valence-electron chi connectivity index (χ1n) is 8.40. The van der Waals surface area contributed by atoms with E-state index < -0.39 is 5.92 Å². The van der Waals surface area contributed by atoms with Crippen molar-refractivity contribution in [1.82, 2.24) is 5.32 Å². The van der Waals surface area contributed by atoms with E-state index in [1.807, 2.05) is 31.2 Å². The summed E-state index contributed by atoms with van der Waals surface area (Å²) in [7, 11) is 0. The Kier molecular flexibility index (Phi) is 4.66. The Balaban J connectivity index is 1.57. The predicted octanol–water partition coefficient (Wildman–Crippen LogP) is 1.63. The van der Waals surface area contributed by atoms with Crippen LogP contribution in [0.15, 0.2) is 24.3 Å². The van der Waals surface area contributed by atoms with Crippen molar-refractivity contribution in [2.75, 3.05) is 18.0 Å². The predicted molar refractivity (Wildman–Crippen MR) is 88.0 cm³/mol. The second-order valence-electron chi connectivity index (χ2n) is 6.67. The first-order valence-corrected chi connectivity index (χ1v) is 8.40. The molecular formula is C18H24N2O3. The summed E-state index contributed by atoms with van der Waals surface area (Å²) in [4.78, 5) is 26.5. The molecule has 1 aromatic carbocycles. The van der Waals surface area contributed by atoms with Gasteiger partial charge in [-0.15, -0.1) is 0 Å². The van der Waals surface area contributed by atoms with Crippen LogP contribution in [0, 0.1) is 18.8 Å². The van der Waals surface area contributed by atoms with E-state index >= 15 is 0 Å². The first kappa shape index (κ1) is 16.0. The number of anilines is 1. The van der Waals surface area contributed by atoms with Gasteiger partial charge >= 0.3 is 0 Å². The van der Waals surface area contributed by atoms with E-state index in [4.69, 9.17) is 0 Å². The highest BCUT2D eigenvalue weighted by molar-refractivity contribution is 6.09. The van der Waals surface area contributed by atoms with Crippen LogP contribution in [0.2, 0.25) is 0 Å². The molecule has 3 unspecified atom stereocenters. The maximum atomic E-state index is 12.5. The van der Waals surface area contributed by atoms with Gasteiger partial charge in [0, 0.05) is 24.7 Å². The van der Waals surface area contributed by atoms with Gasteiger partial charge in [-0.25, -0.2) is 0 Å². The Labute approximate surface area is 136 Å². The molecule has 1 heterocycles. The Bertz CT molecular complexity index is 584. The number of hydrogen-bond donors (Lipinski definition) is 2. The fourth-order valence-electron chi connectivity index (χ4n) is 3.51. The van der Waals surface area contributed by atoms with Crippen LogP contribution in [0.4, 0.5) is 5.69 Å². The summed E-state index contributed by atoms with van der Waals surface area (Å²) in [5.41, 5.74) is 1.99. The zero-order chi connectivity index (χ0) is 16.4. The molecule has 1 aliphatic carbocycles. The van der Waals surface area contributed by atoms with Crippen LogP contribution in [0.1, 0.15) is 31.2 Å². The van der Waals surface area contributed by atoms with Crippen molar-refractivity contribution < 1.29 is 14.7 Å². The van der Waals surface area contributed by atoms with Crippen LogP contribution >= 0.6 is 0 Å². The Morgan fingerprint density at radius 3 is 2.65 bits per heavy atom. The van der Waals surface area contributed by atoms with Crippen molar-refractivity contribution >= 4 is 17.5 Å². The van der Waals surface area contributed by atoms with E-state index in [-0.39, 0.29) is 23.8 Å². The van der Waals surface area contributed by atoms with Gasteiger partial charge in [0.2, 0.25) is 11.8 Å². The normalized spacial score (nSPS) is 27.5. The number of carbonyl (C=O) groups excluding carboxylic acids is 2. The number of aliphatic hydroxyl groups is 1. The minimum absolute atomic E-state index is 0.127. The van der Waals surface area contributed by atoms with E-state index in [0.29, 0.717) is 19.5 Å². The molecular weight excluding hydrogens is 292 g/mol. The summed E-state index contributed by atoms with van der Waals surface area (Å²) in [5.74, 6) is -0.805. The molecule has 1 aromatic rings. The molecule has 3 rings (SSSR count). The highest BCUT2D eigenvalue weighted by Gasteiger charge is 2.38. The Morgan fingerprint density at radius 1 is 1.26 bits per heavy atom. The van der Waals surface area contributed by atoms with Crippen LogP contribution in [0.25, 0.3) is 0 Å². The van der Waals surface area contributed by atoms with Crippen LogP contribution < -0.4 is 10.2 Å². The molecule has 1 saturated heterocycles. The summed E-state index contributed by atoms with van der Waals surface area (Å²) in [6.07, 6.45) is 2.98. The number of nitrogens with one attached hydrogen (secondary N) is 1. The lowest BCUT2D eigenvalue weighted by molar-refractivity contribution is -0.132. The lowest BCUT2D eigenvalue weighted by Crippen LogP contribution is -2.40. The molecule has 0 radical (unpaired) electrons. The monoisotopic (exact) mass is 316 g/mol. The van der Waals surface area contributed by atoms with Gasteiger partial charge in [0.1, 0.15) is 5.92 Å². The third-order valence-electron chi connectivity index (χ3n) is 5.03. The quantitative estimate of drug-likeness (QED) is 0.830. The highest BCUT2D eigenvalue weighted by Crippen LogP contribution is 2.27. The van der Waals surface area contributed by atoms with Crippen molar-refractivity contribution in [2.24, 2.45) is 11.8 Å². The van der Waals surface area contributed by atoms with Crippen molar-refractivity contribution in [3.05, 3.63) is 29.8 Å². The maximum Gasteiger partial charge on any atom is 0.239 e. The largest absolute Gasteiger partial charge is 0.393 e. The summed E-state index contributed by atoms with van der Waals surface area (Å²) >= 11 is 0. The minimum Gasteiger partial charge on any atom is -0.393 e. The molecule has 0 bridgehead atoms. The fraction of sp³-hybridized carbons (Fsp3) is 0.556. The van der Waals surface area contributed by atoms with Gasteiger partial charge < -0.3 is 15.3 Å². The molecule has 3 atom stereocenters. The van der Waals surface area contributed by atoms with Crippen LogP contribution in [-0.2, 0) is 9.59 Å². The van der Waals surface area contributed by atoms with Gasteiger partial charge in [0.25, 0.3) is 0 Å². The minimum atomic E-state index is -0.602. The van der Waals surface area contributed by atoms with Crippen LogP contribution in [0.5, 0.6) is 0 Å². The van der Waals surface area contributed by atoms with E-state index in [9.17, 15) is 14.7 Å². The van der Waals surface area contributed by atoms with Crippen molar-refractivity contribution in [3.63, 3.8) is 0 Å². The van der Waals surface area contributed by atoms with E-state index in [1.165, 1.54) is 0 Å². The van der Waals surface area contributed by atoms with Crippen molar-refractivity contribution in [2.45, 2.75) is 38.7 Å². The number of carbonyl (C=O) groups is 2. The fourth-order valence-corrected chi connectivity index (χ4v) is 3.51. The first-order chi connectivity index (χ1) is 11.1. The summed E-state index contributed by atoms with van der Waals surface area (Å²) in [6, 6.07) is 7.78. The second kappa shape index (κ2) is 6.71. The molecule has 5 nitrogen and oxygen atoms in total. The molecule has 1 aliphatic heterocycles. The molecule has 2 fully saturated rings. The van der Waals surface area contributed by atoms with Crippen LogP contribution in [-0.4, -0.2) is 36.1 Å². The average Bonchev–Trinajstić information content (AvgIpc) is 3.12. The average molecular weight is 316 g/mol. The van der Waals surface area contributed by atoms with Crippen molar-refractivity contribution in [1.29, 1.82) is 0 Å². The molecule has 2 amide bonds. The molecule has 124 valence electrons. The second-order valence-corrected chi connectivity index (χ2v) is 6.67. The smallest absolute Gasteiger partial charge is 0.239 e. The summed E-state index contributed by atoms with van der Waals surface area (Å²) in [6.45, 7) is 3.05. The lowest BCUT2D eigenvalue weighted by atomic mass is 10.0. The maximum absolute atomic E-state index is 12.5. The van der Waals surface area contributed by atoms with E-state index in [1.54, 1.807) is 4.90 Å². The van der Waals surface area contributed by atoms with E-state index in [2.05, 4.69) is 5.32 Å². The van der Waals surface area contributed by atoms with Gasteiger partial charge in [-0.1, -0.05) is 24.1 Å². The summed E-state index contributed by atoms with van der Waals surface area (Å²) < 4.78 is 0. The number of benzene rings is 1. The van der Waals surface area contributed by atoms with Gasteiger partial charge in [-0.3, -0.25) is 9.59 Å². The molecule has 1 saturated carbocycles. The number of aliphatic hydroxyl groups excluding tert-OH is 1. The number of aryl methyl sites for hydroxylation is 1. The molecule has 0 spiro atoms. The SMILES string of the molecule is Cc1ccc(N2CCC(C(=O)NCC3CCCC3O)C2=O)cc1. The standard InChI is InChI=1S/C18H24N2O3/c1-12-5-7-14(8-6-12)20-10-9-15(18(20)23)17(22)19-11-13-3-2-4-16(13)21/h5-8,13,15-16,21H,2-4,9-11H2,1H3,(H,19,22). The van der Waals surface area contributed by atoms with Crippen molar-refractivity contribution in [3.8, 4) is 0 Å². The highest BCUT2D eigenvalue weighted by atomic mass is 16.3. The van der Waals surface area contributed by atoms with Gasteiger partial charge in [0.05, 0.1) is 6.10 Å². The zero-order valence-electron chi connectivity index (χ0n) is 13.5. The molecule has 23 heavy (non-hydrogen) atoms. The molecule has 2 N–H and O–H groups in total. The third kappa shape index (κ3) is 3.39. The molecule has 0 aromatic heterocycles. The van der Waals surface area contributed by atoms with Gasteiger partial charge in [-0.2, -0.15) is 0 Å².